The van der Waals surface area contributed by atoms with E-state index < -0.39 is 0 Å². The van der Waals surface area contributed by atoms with Crippen LogP contribution in [0.15, 0.2) is 12.3 Å². The highest BCUT2D eigenvalue weighted by Gasteiger charge is 2.09. The van der Waals surface area contributed by atoms with Gasteiger partial charge in [-0.15, -0.1) is 6.42 Å². The van der Waals surface area contributed by atoms with Gasteiger partial charge in [0.05, 0.1) is 12.2 Å². The van der Waals surface area contributed by atoms with Crippen molar-refractivity contribution >= 4 is 11.5 Å². The smallest absolute Gasteiger partial charge is 0.152 e. The van der Waals surface area contributed by atoms with Gasteiger partial charge in [-0.25, -0.2) is 4.98 Å². The summed E-state index contributed by atoms with van der Waals surface area (Å²) in [6.45, 7) is 5.34. The van der Waals surface area contributed by atoms with Gasteiger partial charge >= 0.3 is 0 Å². The molecule has 0 saturated carbocycles. The summed E-state index contributed by atoms with van der Waals surface area (Å²) in [4.78, 5) is 6.21. The molecule has 0 radical (unpaired) electrons. The molecule has 0 bridgehead atoms. The summed E-state index contributed by atoms with van der Waals surface area (Å²) in [6.07, 6.45) is 7.02. The molecule has 1 heterocycles. The average Bonchev–Trinajstić information content (AvgIpc) is 2.19. The zero-order valence-electron chi connectivity index (χ0n) is 8.62. The number of pyridine rings is 1. The molecule has 0 aliphatic rings. The van der Waals surface area contributed by atoms with Crippen LogP contribution in [0.4, 0.5) is 11.5 Å². The van der Waals surface area contributed by atoms with Crippen LogP contribution in [0.3, 0.4) is 0 Å². The predicted octanol–water partition coefficient (Wildman–Crippen LogP) is 1.43. The second-order valence-corrected chi connectivity index (χ2v) is 3.08. The molecule has 3 nitrogen and oxygen atoms in total. The summed E-state index contributed by atoms with van der Waals surface area (Å²) in [5, 5.41) is 0. The lowest BCUT2D eigenvalue weighted by atomic mass is 10.2. The number of anilines is 2. The van der Waals surface area contributed by atoms with Crippen LogP contribution in [0.5, 0.6) is 0 Å². The highest BCUT2D eigenvalue weighted by atomic mass is 15.2. The van der Waals surface area contributed by atoms with Gasteiger partial charge in [-0.2, -0.15) is 0 Å². The topological polar surface area (TPSA) is 42.2 Å². The van der Waals surface area contributed by atoms with Gasteiger partial charge < -0.3 is 10.6 Å². The Morgan fingerprint density at radius 3 is 2.93 bits per heavy atom. The van der Waals surface area contributed by atoms with Gasteiger partial charge in [0.1, 0.15) is 0 Å². The Balaban J connectivity index is 3.05. The van der Waals surface area contributed by atoms with Gasteiger partial charge in [0.2, 0.25) is 0 Å². The van der Waals surface area contributed by atoms with E-state index in [1.165, 1.54) is 0 Å². The van der Waals surface area contributed by atoms with E-state index in [2.05, 4.69) is 10.9 Å². The lowest BCUT2D eigenvalue weighted by Crippen LogP contribution is -2.25. The van der Waals surface area contributed by atoms with E-state index in [4.69, 9.17) is 12.2 Å². The third-order valence-electron chi connectivity index (χ3n) is 2.15. The van der Waals surface area contributed by atoms with Crippen molar-refractivity contribution in [1.82, 2.24) is 4.98 Å². The van der Waals surface area contributed by atoms with Gasteiger partial charge in [0.15, 0.2) is 5.82 Å². The zero-order chi connectivity index (χ0) is 10.6. The van der Waals surface area contributed by atoms with Crippen LogP contribution in [0.2, 0.25) is 0 Å². The Morgan fingerprint density at radius 2 is 2.36 bits per heavy atom. The van der Waals surface area contributed by atoms with Gasteiger partial charge in [-0.3, -0.25) is 0 Å². The van der Waals surface area contributed by atoms with E-state index in [0.29, 0.717) is 12.2 Å². The van der Waals surface area contributed by atoms with Gasteiger partial charge in [-0.1, -0.05) is 5.92 Å². The Morgan fingerprint density at radius 1 is 1.64 bits per heavy atom. The molecule has 0 amide bonds. The Bertz CT molecular complexity index is 352. The maximum atomic E-state index is 5.92. The quantitative estimate of drug-likeness (QED) is 0.731. The van der Waals surface area contributed by atoms with Crippen molar-refractivity contribution in [3.63, 3.8) is 0 Å². The summed E-state index contributed by atoms with van der Waals surface area (Å²) in [6, 6.07) is 1.89. The number of aryl methyl sites for hydroxylation is 1. The molecule has 0 aliphatic heterocycles. The second-order valence-electron chi connectivity index (χ2n) is 3.08. The van der Waals surface area contributed by atoms with Crippen molar-refractivity contribution in [3.05, 3.63) is 17.8 Å². The highest BCUT2D eigenvalue weighted by molar-refractivity contribution is 5.66. The number of hydrogen-bond donors (Lipinski definition) is 1. The monoisotopic (exact) mass is 189 g/mol. The number of rotatable bonds is 3. The molecule has 0 unspecified atom stereocenters. The number of nitrogen functional groups attached to an aromatic ring is 1. The maximum absolute atomic E-state index is 5.92. The molecule has 1 aromatic heterocycles. The standard InChI is InChI=1S/C11H15N3/c1-4-8-14(5-2)11-10(12)9(3)6-7-13-11/h1,6-7H,5,8,12H2,2-3H3. The normalized spacial score (nSPS) is 9.50. The Labute approximate surface area is 84.9 Å². The molecule has 14 heavy (non-hydrogen) atoms. The summed E-state index contributed by atoms with van der Waals surface area (Å²) in [7, 11) is 0. The van der Waals surface area contributed by atoms with Gasteiger partial charge in [0.25, 0.3) is 0 Å². The van der Waals surface area contributed by atoms with Crippen LogP contribution in [0.1, 0.15) is 12.5 Å². The molecule has 0 aliphatic carbocycles. The van der Waals surface area contributed by atoms with Crippen molar-refractivity contribution in [1.29, 1.82) is 0 Å². The molecule has 74 valence electrons. The van der Waals surface area contributed by atoms with Crippen molar-refractivity contribution in [2.75, 3.05) is 23.7 Å². The van der Waals surface area contributed by atoms with Crippen LogP contribution in [-0.4, -0.2) is 18.1 Å². The fraction of sp³-hybridized carbons (Fsp3) is 0.364. The minimum Gasteiger partial charge on any atom is -0.396 e. The fourth-order valence-corrected chi connectivity index (χ4v) is 1.25. The lowest BCUT2D eigenvalue weighted by molar-refractivity contribution is 0.894. The van der Waals surface area contributed by atoms with E-state index in [9.17, 15) is 0 Å². The lowest BCUT2D eigenvalue weighted by Gasteiger charge is -2.21. The first kappa shape index (κ1) is 10.4. The first-order chi connectivity index (χ1) is 6.70. The predicted molar refractivity (Wildman–Crippen MR) is 60.1 cm³/mol. The summed E-state index contributed by atoms with van der Waals surface area (Å²) in [5.41, 5.74) is 7.66. The molecular formula is C11H15N3. The number of terminal acetylenes is 1. The van der Waals surface area contributed by atoms with Crippen LogP contribution in [-0.2, 0) is 0 Å². The highest BCUT2D eigenvalue weighted by Crippen LogP contribution is 2.22. The minimum absolute atomic E-state index is 0.539. The van der Waals surface area contributed by atoms with Crippen molar-refractivity contribution < 1.29 is 0 Å². The van der Waals surface area contributed by atoms with E-state index in [-0.39, 0.29) is 0 Å². The largest absolute Gasteiger partial charge is 0.396 e. The SMILES string of the molecule is C#CCN(CC)c1nccc(C)c1N. The maximum Gasteiger partial charge on any atom is 0.152 e. The molecule has 0 saturated heterocycles. The number of aromatic nitrogens is 1. The molecule has 0 aromatic carbocycles. The second kappa shape index (κ2) is 4.52. The molecule has 2 N–H and O–H groups in total. The summed E-state index contributed by atoms with van der Waals surface area (Å²) >= 11 is 0. The van der Waals surface area contributed by atoms with Crippen LogP contribution < -0.4 is 10.6 Å². The third-order valence-corrected chi connectivity index (χ3v) is 2.15. The fourth-order valence-electron chi connectivity index (χ4n) is 1.25. The molecule has 3 heteroatoms. The van der Waals surface area contributed by atoms with Crippen molar-refractivity contribution in [2.45, 2.75) is 13.8 Å². The molecule has 0 atom stereocenters. The van der Waals surface area contributed by atoms with Gasteiger partial charge in [-0.05, 0) is 25.5 Å². The van der Waals surface area contributed by atoms with E-state index in [1.807, 2.05) is 24.8 Å². The van der Waals surface area contributed by atoms with Crippen LogP contribution >= 0.6 is 0 Å². The first-order valence-electron chi connectivity index (χ1n) is 4.60. The Kier molecular flexibility index (Phi) is 3.35. The van der Waals surface area contributed by atoms with E-state index in [0.717, 1.165) is 17.9 Å². The number of hydrogen-bond acceptors (Lipinski definition) is 3. The minimum atomic E-state index is 0.539. The van der Waals surface area contributed by atoms with E-state index in [1.54, 1.807) is 6.20 Å². The number of nitrogens with two attached hydrogens (primary N) is 1. The zero-order valence-corrected chi connectivity index (χ0v) is 8.62. The van der Waals surface area contributed by atoms with Crippen LogP contribution in [0, 0.1) is 19.3 Å². The molecule has 0 fully saturated rings. The van der Waals surface area contributed by atoms with Gasteiger partial charge in [0, 0.05) is 12.7 Å². The molecule has 1 aromatic rings. The molecule has 0 spiro atoms. The molecule has 1 rings (SSSR count). The summed E-state index contributed by atoms with van der Waals surface area (Å²) < 4.78 is 0. The number of nitrogens with zero attached hydrogens (tertiary/aromatic N) is 2. The van der Waals surface area contributed by atoms with Crippen molar-refractivity contribution in [3.8, 4) is 12.3 Å². The summed E-state index contributed by atoms with van der Waals surface area (Å²) in [5.74, 6) is 3.38. The molecular weight excluding hydrogens is 174 g/mol. The average molecular weight is 189 g/mol. The van der Waals surface area contributed by atoms with E-state index >= 15 is 0 Å². The first-order valence-corrected chi connectivity index (χ1v) is 4.60. The van der Waals surface area contributed by atoms with Crippen molar-refractivity contribution in [2.24, 2.45) is 0 Å². The Hall–Kier alpha value is -1.69. The third kappa shape index (κ3) is 1.97. The van der Waals surface area contributed by atoms with Crippen LogP contribution in [0.25, 0.3) is 0 Å².